The van der Waals surface area contributed by atoms with E-state index >= 15 is 0 Å². The molecule has 0 atom stereocenters. The highest BCUT2D eigenvalue weighted by Crippen LogP contribution is 2.25. The number of halogens is 1. The summed E-state index contributed by atoms with van der Waals surface area (Å²) >= 11 is 0. The van der Waals surface area contributed by atoms with Gasteiger partial charge in [-0.3, -0.25) is 14.5 Å². The Balaban J connectivity index is 1.14. The molecule has 3 aromatic rings. The van der Waals surface area contributed by atoms with Gasteiger partial charge in [0.2, 0.25) is 0 Å². The number of hydrogen-bond acceptors (Lipinski definition) is 3. The van der Waals surface area contributed by atoms with Crippen molar-refractivity contribution in [2.24, 2.45) is 0 Å². The normalized spacial score (nSPS) is 17.0. The number of rotatable bonds is 4. The largest absolute Gasteiger partial charge is 0.336 e. The fourth-order valence-corrected chi connectivity index (χ4v) is 4.57. The third kappa shape index (κ3) is 4.39. The van der Waals surface area contributed by atoms with E-state index in [0.29, 0.717) is 31.7 Å². The van der Waals surface area contributed by atoms with E-state index < -0.39 is 5.82 Å². The summed E-state index contributed by atoms with van der Waals surface area (Å²) in [4.78, 5) is 31.4. The summed E-state index contributed by atoms with van der Waals surface area (Å²) in [6.45, 7) is 4.09. The van der Waals surface area contributed by atoms with Crippen molar-refractivity contribution in [3.8, 4) is 11.1 Å². The van der Waals surface area contributed by atoms with Gasteiger partial charge in [0, 0.05) is 50.9 Å². The molecule has 5 rings (SSSR count). The Kier molecular flexibility index (Phi) is 5.92. The standard InChI is InChI=1S/C27H26FN3O2/c28-25-17-22(20-7-3-1-4-8-20)11-12-24(25)27(33)31-18-23(19-31)29-13-15-30(16-14-29)26(32)21-9-5-2-6-10-21/h1-12,17,23H,13-16,18-19H2. The number of carbonyl (C=O) groups excluding carboxylic acids is 2. The van der Waals surface area contributed by atoms with E-state index in [1.54, 1.807) is 17.0 Å². The first-order chi connectivity index (χ1) is 16.1. The summed E-state index contributed by atoms with van der Waals surface area (Å²) in [7, 11) is 0. The van der Waals surface area contributed by atoms with Crippen LogP contribution in [0.1, 0.15) is 20.7 Å². The molecule has 5 nitrogen and oxygen atoms in total. The van der Waals surface area contributed by atoms with Gasteiger partial charge in [-0.1, -0.05) is 54.6 Å². The van der Waals surface area contributed by atoms with Gasteiger partial charge in [0.05, 0.1) is 5.56 Å². The first kappa shape index (κ1) is 21.3. The number of nitrogens with zero attached hydrogens (tertiary/aromatic N) is 3. The molecule has 0 saturated carbocycles. The molecule has 2 saturated heterocycles. The second-order valence-corrected chi connectivity index (χ2v) is 8.62. The van der Waals surface area contributed by atoms with Gasteiger partial charge in [0.15, 0.2) is 0 Å². The molecule has 3 aromatic carbocycles. The first-order valence-corrected chi connectivity index (χ1v) is 11.3. The molecule has 0 bridgehead atoms. The Morgan fingerprint density at radius 1 is 0.697 bits per heavy atom. The molecule has 2 heterocycles. The second-order valence-electron chi connectivity index (χ2n) is 8.62. The Hall–Kier alpha value is -3.51. The fourth-order valence-electron chi connectivity index (χ4n) is 4.57. The topological polar surface area (TPSA) is 43.9 Å². The second kappa shape index (κ2) is 9.16. The molecule has 0 N–H and O–H groups in total. The molecule has 0 aliphatic carbocycles. The van der Waals surface area contributed by atoms with Crippen LogP contribution in [0.25, 0.3) is 11.1 Å². The van der Waals surface area contributed by atoms with Crippen LogP contribution in [0.2, 0.25) is 0 Å². The van der Waals surface area contributed by atoms with Crippen molar-refractivity contribution >= 4 is 11.8 Å². The lowest BCUT2D eigenvalue weighted by atomic mass is 10.0. The highest BCUT2D eigenvalue weighted by atomic mass is 19.1. The lowest BCUT2D eigenvalue weighted by Crippen LogP contribution is -2.64. The van der Waals surface area contributed by atoms with E-state index in [2.05, 4.69) is 4.90 Å². The summed E-state index contributed by atoms with van der Waals surface area (Å²) in [6, 6.07) is 24.0. The van der Waals surface area contributed by atoms with Crippen molar-refractivity contribution in [3.05, 3.63) is 95.8 Å². The van der Waals surface area contributed by atoms with E-state index in [0.717, 1.165) is 24.2 Å². The predicted molar refractivity (Wildman–Crippen MR) is 125 cm³/mol. The molecular weight excluding hydrogens is 417 g/mol. The minimum absolute atomic E-state index is 0.0649. The zero-order chi connectivity index (χ0) is 22.8. The molecule has 0 aromatic heterocycles. The molecule has 2 fully saturated rings. The average Bonchev–Trinajstić information content (AvgIpc) is 2.84. The highest BCUT2D eigenvalue weighted by Gasteiger charge is 2.37. The third-order valence-electron chi connectivity index (χ3n) is 6.59. The van der Waals surface area contributed by atoms with Crippen LogP contribution in [0, 0.1) is 5.82 Å². The summed E-state index contributed by atoms with van der Waals surface area (Å²) < 4.78 is 14.7. The van der Waals surface area contributed by atoms with E-state index in [1.165, 1.54) is 6.07 Å². The molecule has 6 heteroatoms. The smallest absolute Gasteiger partial charge is 0.256 e. The maximum absolute atomic E-state index is 14.7. The van der Waals surface area contributed by atoms with Gasteiger partial charge in [0.1, 0.15) is 5.82 Å². The number of benzene rings is 3. The number of piperazine rings is 1. The van der Waals surface area contributed by atoms with Crippen molar-refractivity contribution in [1.82, 2.24) is 14.7 Å². The SMILES string of the molecule is O=C(c1ccccc1)N1CCN(C2CN(C(=O)c3ccc(-c4ccccc4)cc3F)C2)CC1. The lowest BCUT2D eigenvalue weighted by molar-refractivity contribution is 0.00832. The molecular formula is C27H26FN3O2. The van der Waals surface area contributed by atoms with Gasteiger partial charge in [-0.25, -0.2) is 4.39 Å². The molecule has 168 valence electrons. The van der Waals surface area contributed by atoms with Crippen LogP contribution >= 0.6 is 0 Å². The monoisotopic (exact) mass is 443 g/mol. The van der Waals surface area contributed by atoms with Gasteiger partial charge in [-0.05, 0) is 35.4 Å². The van der Waals surface area contributed by atoms with E-state index in [4.69, 9.17) is 0 Å². The molecule has 2 aliphatic rings. The molecule has 0 radical (unpaired) electrons. The van der Waals surface area contributed by atoms with E-state index in [-0.39, 0.29) is 23.4 Å². The molecule has 0 spiro atoms. The van der Waals surface area contributed by atoms with Crippen molar-refractivity contribution in [2.45, 2.75) is 6.04 Å². The van der Waals surface area contributed by atoms with Crippen molar-refractivity contribution in [1.29, 1.82) is 0 Å². The number of hydrogen-bond donors (Lipinski definition) is 0. The van der Waals surface area contributed by atoms with E-state index in [9.17, 15) is 14.0 Å². The first-order valence-electron chi connectivity index (χ1n) is 11.3. The summed E-state index contributed by atoms with van der Waals surface area (Å²) in [5.41, 5.74) is 2.51. The zero-order valence-electron chi connectivity index (χ0n) is 18.4. The van der Waals surface area contributed by atoms with Gasteiger partial charge < -0.3 is 9.80 Å². The van der Waals surface area contributed by atoms with Crippen LogP contribution in [-0.4, -0.2) is 71.8 Å². The van der Waals surface area contributed by atoms with Crippen LogP contribution in [0.3, 0.4) is 0 Å². The van der Waals surface area contributed by atoms with Crippen LogP contribution in [0.5, 0.6) is 0 Å². The van der Waals surface area contributed by atoms with Crippen LogP contribution in [-0.2, 0) is 0 Å². The van der Waals surface area contributed by atoms with Gasteiger partial charge >= 0.3 is 0 Å². The molecule has 0 unspecified atom stereocenters. The predicted octanol–water partition coefficient (Wildman–Crippen LogP) is 3.78. The zero-order valence-corrected chi connectivity index (χ0v) is 18.4. The van der Waals surface area contributed by atoms with E-state index in [1.807, 2.05) is 65.6 Å². The highest BCUT2D eigenvalue weighted by molar-refractivity contribution is 5.96. The maximum atomic E-state index is 14.7. The van der Waals surface area contributed by atoms with Gasteiger partial charge in [0.25, 0.3) is 11.8 Å². The third-order valence-corrected chi connectivity index (χ3v) is 6.59. The number of amides is 2. The van der Waals surface area contributed by atoms with Crippen molar-refractivity contribution in [2.75, 3.05) is 39.3 Å². The Morgan fingerprint density at radius 2 is 1.33 bits per heavy atom. The Labute approximate surface area is 193 Å². The summed E-state index contributed by atoms with van der Waals surface area (Å²) in [5.74, 6) is -0.686. The van der Waals surface area contributed by atoms with Crippen molar-refractivity contribution < 1.29 is 14.0 Å². The van der Waals surface area contributed by atoms with Gasteiger partial charge in [-0.15, -0.1) is 0 Å². The maximum Gasteiger partial charge on any atom is 0.256 e. The number of carbonyl (C=O) groups is 2. The minimum Gasteiger partial charge on any atom is -0.336 e. The Morgan fingerprint density at radius 3 is 1.97 bits per heavy atom. The Bertz CT molecular complexity index is 1140. The van der Waals surface area contributed by atoms with Crippen molar-refractivity contribution in [3.63, 3.8) is 0 Å². The van der Waals surface area contributed by atoms with Crippen LogP contribution in [0.4, 0.5) is 4.39 Å². The number of likely N-dealkylation sites (tertiary alicyclic amines) is 1. The summed E-state index contributed by atoms with van der Waals surface area (Å²) in [5, 5.41) is 0. The minimum atomic E-state index is -0.488. The fraction of sp³-hybridized carbons (Fsp3) is 0.259. The molecule has 33 heavy (non-hydrogen) atoms. The molecule has 2 amide bonds. The quantitative estimate of drug-likeness (QED) is 0.617. The summed E-state index contributed by atoms with van der Waals surface area (Å²) in [6.07, 6.45) is 0. The lowest BCUT2D eigenvalue weighted by Gasteiger charge is -2.48. The van der Waals surface area contributed by atoms with Crippen LogP contribution < -0.4 is 0 Å². The van der Waals surface area contributed by atoms with Gasteiger partial charge in [-0.2, -0.15) is 0 Å². The van der Waals surface area contributed by atoms with Crippen LogP contribution in [0.15, 0.2) is 78.9 Å². The average molecular weight is 444 g/mol. The molecule has 2 aliphatic heterocycles.